The van der Waals surface area contributed by atoms with Crippen molar-refractivity contribution in [2.75, 3.05) is 37.0 Å². The first-order valence-electron chi connectivity index (χ1n) is 9.35. The van der Waals surface area contributed by atoms with Crippen molar-refractivity contribution in [3.05, 3.63) is 54.6 Å². The van der Waals surface area contributed by atoms with Gasteiger partial charge in [-0.05, 0) is 30.7 Å². The molecule has 0 aliphatic rings. The SMILES string of the molecule is CCCCOCCN(C(=O)Oc1cccc(NC(=O)NC)c1)c1ccccc1. The van der Waals surface area contributed by atoms with Gasteiger partial charge in [0.15, 0.2) is 0 Å². The number of anilines is 2. The molecule has 0 heterocycles. The molecule has 0 aromatic heterocycles. The lowest BCUT2D eigenvalue weighted by molar-refractivity contribution is 0.135. The third kappa shape index (κ3) is 6.92. The third-order valence-electron chi connectivity index (χ3n) is 3.91. The lowest BCUT2D eigenvalue weighted by Gasteiger charge is -2.22. The summed E-state index contributed by atoms with van der Waals surface area (Å²) >= 11 is 0. The fourth-order valence-electron chi connectivity index (χ4n) is 2.42. The Morgan fingerprint density at radius 3 is 2.54 bits per heavy atom. The number of hydrogen-bond donors (Lipinski definition) is 2. The molecule has 0 radical (unpaired) electrons. The zero-order valence-corrected chi connectivity index (χ0v) is 16.3. The number of benzene rings is 2. The molecule has 0 atom stereocenters. The van der Waals surface area contributed by atoms with Gasteiger partial charge >= 0.3 is 12.1 Å². The number of rotatable bonds is 9. The topological polar surface area (TPSA) is 79.9 Å². The minimum Gasteiger partial charge on any atom is -0.410 e. The van der Waals surface area contributed by atoms with Crippen molar-refractivity contribution in [3.8, 4) is 5.75 Å². The lowest BCUT2D eigenvalue weighted by Crippen LogP contribution is -2.36. The molecule has 7 nitrogen and oxygen atoms in total. The number of amides is 3. The maximum absolute atomic E-state index is 12.8. The van der Waals surface area contributed by atoms with Crippen molar-refractivity contribution < 1.29 is 19.1 Å². The Morgan fingerprint density at radius 1 is 1.04 bits per heavy atom. The summed E-state index contributed by atoms with van der Waals surface area (Å²) in [6, 6.07) is 15.6. The molecule has 3 amide bonds. The Kier molecular flexibility index (Phi) is 8.81. The van der Waals surface area contributed by atoms with E-state index >= 15 is 0 Å². The van der Waals surface area contributed by atoms with Gasteiger partial charge in [-0.15, -0.1) is 0 Å². The first kappa shape index (κ1) is 21.2. The van der Waals surface area contributed by atoms with E-state index in [9.17, 15) is 9.59 Å². The second-order valence-electron chi connectivity index (χ2n) is 6.05. The molecule has 0 spiro atoms. The van der Waals surface area contributed by atoms with E-state index in [2.05, 4.69) is 17.6 Å². The maximum Gasteiger partial charge on any atom is 0.419 e. The molecule has 2 aromatic rings. The highest BCUT2D eigenvalue weighted by atomic mass is 16.6. The molecule has 0 unspecified atom stereocenters. The minimum atomic E-state index is -0.512. The van der Waals surface area contributed by atoms with E-state index in [4.69, 9.17) is 9.47 Å². The summed E-state index contributed by atoms with van der Waals surface area (Å²) in [5.41, 5.74) is 1.25. The van der Waals surface area contributed by atoms with Gasteiger partial charge in [0.25, 0.3) is 0 Å². The molecule has 0 saturated carbocycles. The van der Waals surface area contributed by atoms with Crippen molar-refractivity contribution in [2.45, 2.75) is 19.8 Å². The monoisotopic (exact) mass is 385 g/mol. The minimum absolute atomic E-state index is 0.340. The van der Waals surface area contributed by atoms with Gasteiger partial charge in [-0.3, -0.25) is 4.90 Å². The number of carbonyl (C=O) groups is 2. The number of ether oxygens (including phenoxy) is 2. The van der Waals surface area contributed by atoms with Gasteiger partial charge in [-0.2, -0.15) is 0 Å². The van der Waals surface area contributed by atoms with Crippen molar-refractivity contribution in [2.24, 2.45) is 0 Å². The fraction of sp³-hybridized carbons (Fsp3) is 0.333. The van der Waals surface area contributed by atoms with Crippen LogP contribution in [0.2, 0.25) is 0 Å². The number of carbonyl (C=O) groups excluding carboxylic acids is 2. The Balaban J connectivity index is 2.05. The molecule has 0 aliphatic heterocycles. The highest BCUT2D eigenvalue weighted by Crippen LogP contribution is 2.20. The van der Waals surface area contributed by atoms with Crippen LogP contribution in [0.3, 0.4) is 0 Å². The number of nitrogens with zero attached hydrogens (tertiary/aromatic N) is 1. The van der Waals surface area contributed by atoms with Gasteiger partial charge in [0, 0.05) is 31.1 Å². The van der Waals surface area contributed by atoms with Crippen LogP contribution < -0.4 is 20.3 Å². The summed E-state index contributed by atoms with van der Waals surface area (Å²) in [6.45, 7) is 3.57. The second-order valence-corrected chi connectivity index (χ2v) is 6.05. The quantitative estimate of drug-likeness (QED) is 0.632. The van der Waals surface area contributed by atoms with Crippen molar-refractivity contribution in [3.63, 3.8) is 0 Å². The molecule has 2 N–H and O–H groups in total. The fourth-order valence-corrected chi connectivity index (χ4v) is 2.42. The summed E-state index contributed by atoms with van der Waals surface area (Å²) in [6.07, 6.45) is 1.54. The Bertz CT molecular complexity index is 752. The molecule has 0 bridgehead atoms. The van der Waals surface area contributed by atoms with Gasteiger partial charge in [0.1, 0.15) is 5.75 Å². The van der Waals surface area contributed by atoms with Crippen LogP contribution in [-0.4, -0.2) is 38.9 Å². The molecular formula is C21H27N3O4. The molecular weight excluding hydrogens is 358 g/mol. The first-order chi connectivity index (χ1) is 13.6. The van der Waals surface area contributed by atoms with Gasteiger partial charge < -0.3 is 20.1 Å². The number of nitrogens with one attached hydrogen (secondary N) is 2. The zero-order valence-electron chi connectivity index (χ0n) is 16.3. The van der Waals surface area contributed by atoms with Crippen LogP contribution in [0.1, 0.15) is 19.8 Å². The Morgan fingerprint density at radius 2 is 1.82 bits per heavy atom. The van der Waals surface area contributed by atoms with E-state index in [1.165, 1.54) is 11.9 Å². The van der Waals surface area contributed by atoms with E-state index in [1.54, 1.807) is 24.3 Å². The van der Waals surface area contributed by atoms with Crippen LogP contribution >= 0.6 is 0 Å². The van der Waals surface area contributed by atoms with Crippen molar-refractivity contribution >= 4 is 23.5 Å². The average Bonchev–Trinajstić information content (AvgIpc) is 2.71. The second kappa shape index (κ2) is 11.6. The summed E-state index contributed by atoms with van der Waals surface area (Å²) in [7, 11) is 1.53. The summed E-state index contributed by atoms with van der Waals surface area (Å²) in [5, 5.41) is 5.12. The summed E-state index contributed by atoms with van der Waals surface area (Å²) in [4.78, 5) is 25.8. The molecule has 7 heteroatoms. The van der Waals surface area contributed by atoms with Crippen LogP contribution in [-0.2, 0) is 4.74 Å². The smallest absolute Gasteiger partial charge is 0.410 e. The van der Waals surface area contributed by atoms with E-state index < -0.39 is 6.09 Å². The van der Waals surface area contributed by atoms with Crippen LogP contribution in [0.5, 0.6) is 5.75 Å². The van der Waals surface area contributed by atoms with Crippen LogP contribution in [0, 0.1) is 0 Å². The van der Waals surface area contributed by atoms with E-state index in [1.807, 2.05) is 30.3 Å². The van der Waals surface area contributed by atoms with Crippen LogP contribution in [0.25, 0.3) is 0 Å². The zero-order chi connectivity index (χ0) is 20.2. The van der Waals surface area contributed by atoms with Gasteiger partial charge in [-0.25, -0.2) is 9.59 Å². The predicted molar refractivity (Wildman–Crippen MR) is 110 cm³/mol. The van der Waals surface area contributed by atoms with Crippen LogP contribution in [0.15, 0.2) is 54.6 Å². The van der Waals surface area contributed by atoms with Crippen molar-refractivity contribution in [1.29, 1.82) is 0 Å². The molecule has 2 aromatic carbocycles. The molecule has 0 saturated heterocycles. The van der Waals surface area contributed by atoms with E-state index in [0.717, 1.165) is 18.5 Å². The molecule has 0 fully saturated rings. The van der Waals surface area contributed by atoms with Gasteiger partial charge in [0.2, 0.25) is 0 Å². The molecule has 150 valence electrons. The molecule has 28 heavy (non-hydrogen) atoms. The number of hydrogen-bond acceptors (Lipinski definition) is 4. The first-order valence-corrected chi connectivity index (χ1v) is 9.35. The van der Waals surface area contributed by atoms with Crippen molar-refractivity contribution in [1.82, 2.24) is 5.32 Å². The van der Waals surface area contributed by atoms with Gasteiger partial charge in [0.05, 0.1) is 13.2 Å². The predicted octanol–water partition coefficient (Wildman–Crippen LogP) is 4.26. The summed E-state index contributed by atoms with van der Waals surface area (Å²) < 4.78 is 11.1. The van der Waals surface area contributed by atoms with E-state index in [-0.39, 0.29) is 6.03 Å². The number of unbranched alkanes of at least 4 members (excludes halogenated alkanes) is 1. The third-order valence-corrected chi connectivity index (χ3v) is 3.91. The molecule has 0 aliphatic carbocycles. The largest absolute Gasteiger partial charge is 0.419 e. The van der Waals surface area contributed by atoms with Crippen LogP contribution in [0.4, 0.5) is 21.0 Å². The number of urea groups is 1. The molecule has 2 rings (SSSR count). The Hall–Kier alpha value is -3.06. The lowest BCUT2D eigenvalue weighted by atomic mass is 10.3. The number of para-hydroxylation sites is 1. The standard InChI is InChI=1S/C21H27N3O4/c1-3-4-14-27-15-13-24(18-10-6-5-7-11-18)21(26)28-19-12-8-9-17(16-19)23-20(25)22-2/h5-12,16H,3-4,13-15H2,1-2H3,(H2,22,23,25). The van der Waals surface area contributed by atoms with Gasteiger partial charge in [-0.1, -0.05) is 37.6 Å². The highest BCUT2D eigenvalue weighted by molar-refractivity contribution is 5.90. The highest BCUT2D eigenvalue weighted by Gasteiger charge is 2.18. The van der Waals surface area contributed by atoms with E-state index in [0.29, 0.717) is 31.2 Å². The Labute approximate surface area is 165 Å². The average molecular weight is 385 g/mol. The maximum atomic E-state index is 12.8. The normalized spacial score (nSPS) is 10.2. The summed E-state index contributed by atoms with van der Waals surface area (Å²) in [5.74, 6) is 0.340.